The van der Waals surface area contributed by atoms with Crippen molar-refractivity contribution >= 4 is 27.5 Å². The van der Waals surface area contributed by atoms with Crippen LogP contribution in [0.15, 0.2) is 114 Å². The van der Waals surface area contributed by atoms with Crippen molar-refractivity contribution in [3.8, 4) is 5.75 Å². The van der Waals surface area contributed by atoms with E-state index in [1.807, 2.05) is 44.2 Å². The van der Waals surface area contributed by atoms with Crippen molar-refractivity contribution in [1.29, 1.82) is 0 Å². The van der Waals surface area contributed by atoms with Crippen LogP contribution in [0.4, 0.5) is 10.1 Å². The number of rotatable bonds is 14. The summed E-state index contributed by atoms with van der Waals surface area (Å²) in [5.41, 5.74) is 1.20. The van der Waals surface area contributed by atoms with Crippen molar-refractivity contribution in [2.75, 3.05) is 18.0 Å². The zero-order valence-electron chi connectivity index (χ0n) is 25.6. The van der Waals surface area contributed by atoms with Crippen LogP contribution in [-0.4, -0.2) is 50.9 Å². The van der Waals surface area contributed by atoms with Gasteiger partial charge in [-0.2, -0.15) is 0 Å². The number of nitrogens with zero attached hydrogens (tertiary/aromatic N) is 2. The van der Waals surface area contributed by atoms with Crippen molar-refractivity contribution in [2.24, 2.45) is 0 Å². The topological polar surface area (TPSA) is 96.0 Å². The van der Waals surface area contributed by atoms with Crippen LogP contribution in [0.25, 0.3) is 0 Å². The second kappa shape index (κ2) is 15.3. The van der Waals surface area contributed by atoms with Gasteiger partial charge in [0, 0.05) is 19.0 Å². The molecule has 4 aromatic carbocycles. The fourth-order valence-electron chi connectivity index (χ4n) is 4.85. The normalized spacial score (nSPS) is 12.5. The molecule has 10 heteroatoms. The smallest absolute Gasteiger partial charge is 0.264 e. The summed E-state index contributed by atoms with van der Waals surface area (Å²) in [4.78, 5) is 29.6. The van der Waals surface area contributed by atoms with Crippen LogP contribution in [0.2, 0.25) is 0 Å². The Bertz CT molecular complexity index is 1690. The van der Waals surface area contributed by atoms with Gasteiger partial charge in [-0.1, -0.05) is 79.7 Å². The average Bonchev–Trinajstić information content (AvgIpc) is 3.06. The highest BCUT2D eigenvalue weighted by Gasteiger charge is 2.35. The summed E-state index contributed by atoms with van der Waals surface area (Å²) in [6, 6.07) is 28.1. The van der Waals surface area contributed by atoms with E-state index < -0.39 is 34.3 Å². The number of benzene rings is 4. The number of carbonyl (C=O) groups excluding carboxylic acids is 2. The number of nitrogens with one attached hydrogen (secondary N) is 1. The summed E-state index contributed by atoms with van der Waals surface area (Å²) >= 11 is 0. The molecule has 2 atom stereocenters. The molecule has 1 N–H and O–H groups in total. The minimum Gasteiger partial charge on any atom is -0.497 e. The van der Waals surface area contributed by atoms with Gasteiger partial charge in [-0.3, -0.25) is 13.9 Å². The molecule has 0 aliphatic heterocycles. The minimum atomic E-state index is -4.39. The largest absolute Gasteiger partial charge is 0.497 e. The third kappa shape index (κ3) is 8.48. The maximum atomic E-state index is 15.2. The van der Waals surface area contributed by atoms with E-state index in [2.05, 4.69) is 5.32 Å². The number of para-hydroxylation sites is 1. The molecule has 45 heavy (non-hydrogen) atoms. The van der Waals surface area contributed by atoms with E-state index in [9.17, 15) is 18.0 Å². The highest BCUT2D eigenvalue weighted by molar-refractivity contribution is 7.92. The monoisotopic (exact) mass is 631 g/mol. The molecule has 0 fully saturated rings. The molecular formula is C35H38FN3O5S. The fourth-order valence-corrected chi connectivity index (χ4v) is 6.29. The molecule has 4 aromatic rings. The molecular weight excluding hydrogens is 593 g/mol. The van der Waals surface area contributed by atoms with Crippen molar-refractivity contribution in [3.63, 3.8) is 0 Å². The molecule has 0 aliphatic carbocycles. The van der Waals surface area contributed by atoms with Crippen molar-refractivity contribution < 1.29 is 27.1 Å². The summed E-state index contributed by atoms with van der Waals surface area (Å²) in [5, 5.41) is 2.99. The molecule has 0 bridgehead atoms. The Morgan fingerprint density at radius 2 is 1.49 bits per heavy atom. The Labute approximate surface area is 264 Å². The Morgan fingerprint density at radius 1 is 0.867 bits per heavy atom. The van der Waals surface area contributed by atoms with Crippen LogP contribution in [-0.2, 0) is 32.6 Å². The highest BCUT2D eigenvalue weighted by atomic mass is 32.2. The molecule has 0 radical (unpaired) electrons. The van der Waals surface area contributed by atoms with E-state index >= 15 is 4.39 Å². The van der Waals surface area contributed by atoms with Crippen LogP contribution in [0, 0.1) is 5.82 Å². The lowest BCUT2D eigenvalue weighted by Gasteiger charge is -2.34. The maximum Gasteiger partial charge on any atom is 0.264 e. The van der Waals surface area contributed by atoms with Crippen molar-refractivity contribution in [3.05, 3.63) is 126 Å². The quantitative estimate of drug-likeness (QED) is 0.196. The average molecular weight is 632 g/mol. The number of amides is 2. The lowest BCUT2D eigenvalue weighted by Crippen LogP contribution is -2.54. The molecule has 0 saturated carbocycles. The fraction of sp³-hybridized carbons (Fsp3) is 0.257. The number of sulfonamides is 1. The summed E-state index contributed by atoms with van der Waals surface area (Å²) in [5.74, 6) is -1.31. The van der Waals surface area contributed by atoms with Crippen LogP contribution in [0.3, 0.4) is 0 Å². The maximum absolute atomic E-state index is 15.2. The van der Waals surface area contributed by atoms with E-state index in [1.165, 1.54) is 42.3 Å². The number of halogens is 1. The molecule has 236 valence electrons. The van der Waals surface area contributed by atoms with E-state index in [0.717, 1.165) is 15.9 Å². The zero-order valence-corrected chi connectivity index (χ0v) is 26.4. The van der Waals surface area contributed by atoms with Crippen LogP contribution < -0.4 is 14.4 Å². The second-order valence-corrected chi connectivity index (χ2v) is 12.5. The molecule has 8 nitrogen and oxygen atoms in total. The SMILES string of the molecule is CC[C@H](C)NC(=O)[C@@H](Cc1ccccc1)N(Cc1cccc(OC)c1)C(=O)CN(c1ccccc1F)S(=O)(=O)c1ccccc1. The third-order valence-electron chi connectivity index (χ3n) is 7.49. The summed E-state index contributed by atoms with van der Waals surface area (Å²) in [6.07, 6.45) is 0.841. The third-order valence-corrected chi connectivity index (χ3v) is 9.26. The Morgan fingerprint density at radius 3 is 2.13 bits per heavy atom. The Balaban J connectivity index is 1.82. The first-order valence-corrected chi connectivity index (χ1v) is 16.2. The minimum absolute atomic E-state index is 0.0298. The first kappa shape index (κ1) is 33.2. The van der Waals surface area contributed by atoms with Gasteiger partial charge >= 0.3 is 0 Å². The van der Waals surface area contributed by atoms with Crippen molar-refractivity contribution in [1.82, 2.24) is 10.2 Å². The molecule has 2 amide bonds. The first-order valence-electron chi connectivity index (χ1n) is 14.7. The lowest BCUT2D eigenvalue weighted by molar-refractivity contribution is -0.140. The molecule has 0 aromatic heterocycles. The number of hydrogen-bond donors (Lipinski definition) is 1. The van der Waals surface area contributed by atoms with Gasteiger partial charge in [0.1, 0.15) is 24.2 Å². The number of ether oxygens (including phenoxy) is 1. The first-order chi connectivity index (χ1) is 21.6. The number of anilines is 1. The van der Waals surface area contributed by atoms with Crippen LogP contribution in [0.5, 0.6) is 5.75 Å². The van der Waals surface area contributed by atoms with E-state index in [1.54, 1.807) is 42.5 Å². The highest BCUT2D eigenvalue weighted by Crippen LogP contribution is 2.27. The van der Waals surface area contributed by atoms with Crippen molar-refractivity contribution in [2.45, 2.75) is 50.2 Å². The zero-order chi connectivity index (χ0) is 32.4. The van der Waals surface area contributed by atoms with Gasteiger partial charge in [-0.05, 0) is 60.9 Å². The summed E-state index contributed by atoms with van der Waals surface area (Å²) < 4.78 is 49.3. The van der Waals surface area contributed by atoms with Gasteiger partial charge in [0.05, 0.1) is 17.7 Å². The standard InChI is InChI=1S/C35H38FN3O5S/c1-4-26(2)37-35(41)33(23-27-14-7-5-8-15-27)38(24-28-16-13-17-29(22-28)44-3)34(40)25-39(32-21-12-11-20-31(32)36)45(42,43)30-18-9-6-10-19-30/h5-22,26,33H,4,23-25H2,1-3H3,(H,37,41)/t26-,33+/m0/s1. The number of carbonyl (C=O) groups is 2. The second-order valence-electron chi connectivity index (χ2n) is 10.7. The molecule has 4 rings (SSSR count). The van der Waals surface area contributed by atoms with E-state index in [4.69, 9.17) is 4.74 Å². The molecule has 0 spiro atoms. The van der Waals surface area contributed by atoms with Gasteiger partial charge in [0.2, 0.25) is 11.8 Å². The van der Waals surface area contributed by atoms with E-state index in [0.29, 0.717) is 17.7 Å². The van der Waals surface area contributed by atoms with Gasteiger partial charge in [-0.25, -0.2) is 12.8 Å². The molecule has 0 saturated heterocycles. The van der Waals surface area contributed by atoms with Gasteiger partial charge in [0.15, 0.2) is 0 Å². The molecule has 0 heterocycles. The van der Waals surface area contributed by atoms with Gasteiger partial charge in [-0.15, -0.1) is 0 Å². The van der Waals surface area contributed by atoms with Crippen LogP contribution >= 0.6 is 0 Å². The van der Waals surface area contributed by atoms with Crippen LogP contribution in [0.1, 0.15) is 31.4 Å². The molecule has 0 aliphatic rings. The predicted molar refractivity (Wildman–Crippen MR) is 173 cm³/mol. The lowest BCUT2D eigenvalue weighted by atomic mass is 10.0. The summed E-state index contributed by atoms with van der Waals surface area (Å²) in [7, 11) is -2.86. The number of methoxy groups -OCH3 is 1. The van der Waals surface area contributed by atoms with Gasteiger partial charge < -0.3 is 15.0 Å². The Hall–Kier alpha value is -4.70. The molecule has 0 unspecified atom stereocenters. The summed E-state index contributed by atoms with van der Waals surface area (Å²) in [6.45, 7) is 3.04. The predicted octanol–water partition coefficient (Wildman–Crippen LogP) is 5.58. The van der Waals surface area contributed by atoms with Gasteiger partial charge in [0.25, 0.3) is 10.0 Å². The van der Waals surface area contributed by atoms with E-state index in [-0.39, 0.29) is 35.5 Å². The Kier molecular flexibility index (Phi) is 11.3. The number of hydrogen-bond acceptors (Lipinski definition) is 5.